The van der Waals surface area contributed by atoms with Crippen molar-refractivity contribution in [1.29, 1.82) is 0 Å². The zero-order valence-corrected chi connectivity index (χ0v) is 10.8. The van der Waals surface area contributed by atoms with Crippen LogP contribution < -0.4 is 0 Å². The van der Waals surface area contributed by atoms with Gasteiger partial charge in [-0.3, -0.25) is 0 Å². The topological polar surface area (TPSA) is 36.9 Å². The first-order valence-electron chi connectivity index (χ1n) is 6.43. The van der Waals surface area contributed by atoms with Crippen LogP contribution in [0.5, 0.6) is 0 Å². The van der Waals surface area contributed by atoms with Crippen molar-refractivity contribution in [2.45, 2.75) is 37.6 Å². The Bertz CT molecular complexity index is 439. The summed E-state index contributed by atoms with van der Waals surface area (Å²) in [6, 6.07) is 6.59. The van der Waals surface area contributed by atoms with Gasteiger partial charge in [-0.05, 0) is 6.07 Å². The molecular formula is C14H17FO4. The van der Waals surface area contributed by atoms with Crippen molar-refractivity contribution < 1.29 is 23.3 Å². The van der Waals surface area contributed by atoms with Crippen LogP contribution in [0.2, 0.25) is 0 Å². The van der Waals surface area contributed by atoms with Gasteiger partial charge in [0.05, 0.1) is 19.3 Å². The molecule has 0 spiro atoms. The van der Waals surface area contributed by atoms with E-state index in [-0.39, 0.29) is 37.0 Å². The molecule has 2 aliphatic rings. The minimum Gasteiger partial charge on any atom is -0.379 e. The Hall–Kier alpha value is -1.01. The van der Waals surface area contributed by atoms with Crippen molar-refractivity contribution in [2.75, 3.05) is 13.7 Å². The van der Waals surface area contributed by atoms with Crippen LogP contribution in [0.15, 0.2) is 24.3 Å². The average molecular weight is 268 g/mol. The van der Waals surface area contributed by atoms with E-state index >= 15 is 0 Å². The molecular weight excluding hydrogens is 251 g/mol. The van der Waals surface area contributed by atoms with Gasteiger partial charge in [0.15, 0.2) is 6.29 Å². The van der Waals surface area contributed by atoms with Crippen LogP contribution in [0.3, 0.4) is 0 Å². The third-order valence-electron chi connectivity index (χ3n) is 3.63. The Morgan fingerprint density at radius 3 is 2.95 bits per heavy atom. The van der Waals surface area contributed by atoms with Crippen LogP contribution >= 0.6 is 0 Å². The number of halogens is 1. The van der Waals surface area contributed by atoms with Crippen LogP contribution in [0.1, 0.15) is 12.0 Å². The molecule has 0 aromatic heterocycles. The number of methoxy groups -OCH3 is 1. The molecule has 2 fully saturated rings. The second-order valence-electron chi connectivity index (χ2n) is 4.83. The molecule has 0 radical (unpaired) electrons. The van der Waals surface area contributed by atoms with Crippen molar-refractivity contribution >= 4 is 0 Å². The van der Waals surface area contributed by atoms with Gasteiger partial charge in [-0.25, -0.2) is 4.39 Å². The Morgan fingerprint density at radius 1 is 1.32 bits per heavy atom. The van der Waals surface area contributed by atoms with Gasteiger partial charge >= 0.3 is 0 Å². The van der Waals surface area contributed by atoms with Gasteiger partial charge in [0.2, 0.25) is 0 Å². The molecule has 2 aliphatic heterocycles. The maximum absolute atomic E-state index is 13.5. The predicted molar refractivity (Wildman–Crippen MR) is 65.0 cm³/mol. The van der Waals surface area contributed by atoms with Gasteiger partial charge in [-0.1, -0.05) is 18.2 Å². The Kier molecular flexibility index (Phi) is 3.79. The van der Waals surface area contributed by atoms with Gasteiger partial charge in [0.25, 0.3) is 0 Å². The molecule has 4 unspecified atom stereocenters. The molecule has 0 amide bonds. The largest absolute Gasteiger partial charge is 0.379 e. The molecule has 4 atom stereocenters. The van der Waals surface area contributed by atoms with Crippen molar-refractivity contribution in [3.63, 3.8) is 0 Å². The highest BCUT2D eigenvalue weighted by atomic mass is 19.1. The zero-order chi connectivity index (χ0) is 13.2. The number of rotatable bonds is 4. The SMILES string of the molecule is COC1CC(OCc2ccccc2F)C2OCC1O2. The first kappa shape index (κ1) is 13.0. The van der Waals surface area contributed by atoms with E-state index in [2.05, 4.69) is 0 Å². The molecule has 0 saturated carbocycles. The summed E-state index contributed by atoms with van der Waals surface area (Å²) in [5.41, 5.74) is 0.539. The summed E-state index contributed by atoms with van der Waals surface area (Å²) < 4.78 is 35.8. The van der Waals surface area contributed by atoms with E-state index in [1.54, 1.807) is 25.3 Å². The number of ether oxygens (including phenoxy) is 4. The molecule has 2 saturated heterocycles. The standard InChI is InChI=1S/C14H17FO4/c1-16-11-6-12(14-18-8-13(11)19-14)17-7-9-4-2-3-5-10(9)15/h2-5,11-14H,6-8H2,1H3. The van der Waals surface area contributed by atoms with Crippen LogP contribution in [0.4, 0.5) is 4.39 Å². The van der Waals surface area contributed by atoms with Crippen LogP contribution in [-0.4, -0.2) is 38.3 Å². The Labute approximate surface area is 111 Å². The zero-order valence-electron chi connectivity index (χ0n) is 10.8. The van der Waals surface area contributed by atoms with E-state index in [1.165, 1.54) is 6.07 Å². The van der Waals surface area contributed by atoms with Gasteiger partial charge in [-0.2, -0.15) is 0 Å². The van der Waals surface area contributed by atoms with Crippen LogP contribution in [0, 0.1) is 5.82 Å². The summed E-state index contributed by atoms with van der Waals surface area (Å²) in [6.45, 7) is 0.740. The quantitative estimate of drug-likeness (QED) is 0.835. The van der Waals surface area contributed by atoms with E-state index < -0.39 is 0 Å². The second-order valence-corrected chi connectivity index (χ2v) is 4.83. The first-order chi connectivity index (χ1) is 9.28. The third-order valence-corrected chi connectivity index (χ3v) is 3.63. The maximum Gasteiger partial charge on any atom is 0.184 e. The van der Waals surface area contributed by atoms with E-state index in [0.29, 0.717) is 18.6 Å². The smallest absolute Gasteiger partial charge is 0.184 e. The summed E-state index contributed by atoms with van der Waals surface area (Å²) in [5.74, 6) is -0.257. The molecule has 19 heavy (non-hydrogen) atoms. The van der Waals surface area contributed by atoms with Gasteiger partial charge in [0, 0.05) is 19.1 Å². The maximum atomic E-state index is 13.5. The Morgan fingerprint density at radius 2 is 2.16 bits per heavy atom. The third kappa shape index (κ3) is 2.65. The fourth-order valence-corrected chi connectivity index (χ4v) is 2.53. The number of fused-ring (bicyclic) bond motifs is 2. The lowest BCUT2D eigenvalue weighted by atomic mass is 10.0. The van der Waals surface area contributed by atoms with Crippen molar-refractivity contribution in [2.24, 2.45) is 0 Å². The van der Waals surface area contributed by atoms with Crippen molar-refractivity contribution in [3.8, 4) is 0 Å². The summed E-state index contributed by atoms with van der Waals surface area (Å²) >= 11 is 0. The van der Waals surface area contributed by atoms with Gasteiger partial charge < -0.3 is 18.9 Å². The van der Waals surface area contributed by atoms with Crippen LogP contribution in [0.25, 0.3) is 0 Å². The van der Waals surface area contributed by atoms with Crippen LogP contribution in [-0.2, 0) is 25.6 Å². The number of hydrogen-bond acceptors (Lipinski definition) is 4. The number of benzene rings is 1. The lowest BCUT2D eigenvalue weighted by molar-refractivity contribution is -0.205. The Balaban J connectivity index is 1.62. The first-order valence-corrected chi connectivity index (χ1v) is 6.43. The lowest BCUT2D eigenvalue weighted by Crippen LogP contribution is -2.44. The van der Waals surface area contributed by atoms with E-state index in [9.17, 15) is 4.39 Å². The van der Waals surface area contributed by atoms with Gasteiger partial charge in [-0.15, -0.1) is 0 Å². The number of hydrogen-bond donors (Lipinski definition) is 0. The summed E-state index contributed by atoms with van der Waals surface area (Å²) in [6.07, 6.45) is 0.0967. The molecule has 4 nitrogen and oxygen atoms in total. The monoisotopic (exact) mass is 268 g/mol. The van der Waals surface area contributed by atoms with Crippen molar-refractivity contribution in [1.82, 2.24) is 0 Å². The molecule has 2 bridgehead atoms. The predicted octanol–water partition coefficient (Wildman–Crippen LogP) is 1.87. The molecule has 1 aromatic rings. The highest BCUT2D eigenvalue weighted by molar-refractivity contribution is 5.16. The molecule has 104 valence electrons. The molecule has 3 rings (SSSR count). The van der Waals surface area contributed by atoms with Crippen molar-refractivity contribution in [3.05, 3.63) is 35.6 Å². The minimum atomic E-state index is -0.358. The summed E-state index contributed by atoms with van der Waals surface area (Å²) in [7, 11) is 1.65. The van der Waals surface area contributed by atoms with E-state index in [0.717, 1.165) is 0 Å². The molecule has 0 N–H and O–H groups in total. The van der Waals surface area contributed by atoms with E-state index in [1.807, 2.05) is 0 Å². The molecule has 0 aliphatic carbocycles. The highest BCUT2D eigenvalue weighted by Gasteiger charge is 2.44. The summed E-state index contributed by atoms with van der Waals surface area (Å²) in [4.78, 5) is 0. The fraction of sp³-hybridized carbons (Fsp3) is 0.571. The normalized spacial score (nSPS) is 33.6. The highest BCUT2D eigenvalue weighted by Crippen LogP contribution is 2.31. The van der Waals surface area contributed by atoms with E-state index in [4.69, 9.17) is 18.9 Å². The second kappa shape index (κ2) is 5.54. The molecule has 1 aromatic carbocycles. The van der Waals surface area contributed by atoms with Gasteiger partial charge in [0.1, 0.15) is 18.0 Å². The summed E-state index contributed by atoms with van der Waals surface area (Å²) in [5, 5.41) is 0. The lowest BCUT2D eigenvalue weighted by Gasteiger charge is -2.32. The minimum absolute atomic E-state index is 0.0108. The average Bonchev–Trinajstić information content (AvgIpc) is 2.85. The fourth-order valence-electron chi connectivity index (χ4n) is 2.53. The molecule has 2 heterocycles. The molecule has 5 heteroatoms.